The van der Waals surface area contributed by atoms with Crippen LogP contribution >= 0.6 is 0 Å². The van der Waals surface area contributed by atoms with Gasteiger partial charge in [-0.05, 0) is 12.1 Å². The molecule has 0 spiro atoms. The van der Waals surface area contributed by atoms with Crippen LogP contribution in [0.5, 0.6) is 0 Å². The van der Waals surface area contributed by atoms with Crippen molar-refractivity contribution >= 4 is 16.7 Å². The summed E-state index contributed by atoms with van der Waals surface area (Å²) in [5.74, 6) is -0.602. The lowest BCUT2D eigenvalue weighted by Crippen LogP contribution is -2.45. The second-order valence-electron chi connectivity index (χ2n) is 6.16. The summed E-state index contributed by atoms with van der Waals surface area (Å²) >= 11 is 0. The van der Waals surface area contributed by atoms with Crippen LogP contribution in [0.15, 0.2) is 36.7 Å². The van der Waals surface area contributed by atoms with Crippen LogP contribution < -0.4 is 19.7 Å². The maximum absolute atomic E-state index is 14.7. The molecule has 0 aliphatic carbocycles. The Morgan fingerprint density at radius 1 is 1.11 bits per heavy atom. The lowest BCUT2D eigenvalue weighted by Gasteiger charge is -2.29. The highest BCUT2D eigenvalue weighted by atomic mass is 19.1. The maximum atomic E-state index is 14.7. The Hall–Kier alpha value is -3.51. The van der Waals surface area contributed by atoms with Crippen LogP contribution in [0.2, 0.25) is 0 Å². The van der Waals surface area contributed by atoms with Gasteiger partial charge in [-0.25, -0.2) is 4.39 Å². The summed E-state index contributed by atoms with van der Waals surface area (Å²) in [5.41, 5.74) is -0.00476. The smallest absolute Gasteiger partial charge is 0.369 e. The highest BCUT2D eigenvalue weighted by molar-refractivity contribution is 5.76. The summed E-state index contributed by atoms with van der Waals surface area (Å²) in [7, 11) is 0. The van der Waals surface area contributed by atoms with Gasteiger partial charge in [-0.15, -0.1) is 4.73 Å². The van der Waals surface area contributed by atoms with E-state index in [1.807, 2.05) is 4.90 Å². The minimum atomic E-state index is -0.602. The summed E-state index contributed by atoms with van der Waals surface area (Å²) in [6.07, 6.45) is 2.93. The number of hydrogen-bond acceptors (Lipinski definition) is 6. The maximum Gasteiger partial charge on any atom is 0.369 e. The van der Waals surface area contributed by atoms with Gasteiger partial charge in [0.25, 0.3) is 11.0 Å². The van der Waals surface area contributed by atoms with Crippen LogP contribution in [0.25, 0.3) is 22.3 Å². The predicted octanol–water partition coefficient (Wildman–Crippen LogP) is 0.589. The van der Waals surface area contributed by atoms with Crippen molar-refractivity contribution in [3.05, 3.63) is 58.6 Å². The zero-order chi connectivity index (χ0) is 19.0. The Morgan fingerprint density at radius 3 is 2.44 bits per heavy atom. The summed E-state index contributed by atoms with van der Waals surface area (Å²) in [4.78, 5) is 5.71. The second kappa shape index (κ2) is 6.66. The molecule has 0 radical (unpaired) electrons. The number of anilines is 1. The average Bonchev–Trinajstić information content (AvgIpc) is 2.71. The Balaban J connectivity index is 2.01. The Kier molecular flexibility index (Phi) is 4.18. The van der Waals surface area contributed by atoms with Gasteiger partial charge in [0.15, 0.2) is 11.9 Å². The topological polar surface area (TPSA) is 106 Å². The zero-order valence-electron chi connectivity index (χ0n) is 14.2. The Labute approximate surface area is 153 Å². The van der Waals surface area contributed by atoms with Gasteiger partial charge in [0.05, 0.1) is 17.3 Å². The van der Waals surface area contributed by atoms with E-state index in [9.17, 15) is 20.1 Å². The van der Waals surface area contributed by atoms with Gasteiger partial charge in [-0.3, -0.25) is 4.98 Å². The fourth-order valence-electron chi connectivity index (χ4n) is 3.31. The fraction of sp³-hybridized carbons (Fsp3) is 0.222. The Morgan fingerprint density at radius 2 is 1.78 bits per heavy atom. The van der Waals surface area contributed by atoms with E-state index in [1.165, 1.54) is 30.6 Å². The van der Waals surface area contributed by atoms with E-state index < -0.39 is 11.5 Å². The summed E-state index contributed by atoms with van der Waals surface area (Å²) in [5, 5.41) is 38.3. The minimum Gasteiger partial charge on any atom is -0.617 e. The second-order valence-corrected chi connectivity index (χ2v) is 6.16. The molecule has 2 aromatic heterocycles. The average molecular weight is 366 g/mol. The monoisotopic (exact) mass is 366 g/mol. The molecule has 0 bridgehead atoms. The van der Waals surface area contributed by atoms with E-state index in [1.54, 1.807) is 6.07 Å². The number of nitrogens with zero attached hydrogens (tertiary/aromatic N) is 5. The third kappa shape index (κ3) is 2.76. The Bertz CT molecular complexity index is 1060. The third-order valence-electron chi connectivity index (χ3n) is 4.63. The van der Waals surface area contributed by atoms with E-state index >= 15 is 0 Å². The van der Waals surface area contributed by atoms with Crippen molar-refractivity contribution in [3.63, 3.8) is 0 Å². The predicted molar refractivity (Wildman–Crippen MR) is 94.9 cm³/mol. The highest BCUT2D eigenvalue weighted by Crippen LogP contribution is 2.26. The molecule has 0 atom stereocenters. The molecule has 1 aromatic carbocycles. The first kappa shape index (κ1) is 16.9. The fourth-order valence-corrected chi connectivity index (χ4v) is 3.31. The van der Waals surface area contributed by atoms with Crippen molar-refractivity contribution in [3.8, 4) is 17.3 Å². The van der Waals surface area contributed by atoms with E-state index in [-0.39, 0.29) is 22.4 Å². The first-order valence-corrected chi connectivity index (χ1v) is 8.40. The molecule has 3 heterocycles. The third-order valence-corrected chi connectivity index (χ3v) is 4.63. The number of aromatic nitrogens is 3. The summed E-state index contributed by atoms with van der Waals surface area (Å²) in [6.45, 7) is 2.58. The van der Waals surface area contributed by atoms with E-state index in [0.29, 0.717) is 41.2 Å². The molecule has 1 saturated heterocycles. The van der Waals surface area contributed by atoms with Gasteiger partial charge in [0, 0.05) is 44.6 Å². The molecule has 3 aromatic rings. The van der Waals surface area contributed by atoms with Gasteiger partial charge in [0.2, 0.25) is 0 Å². The van der Waals surface area contributed by atoms with Crippen molar-refractivity contribution in [2.45, 2.75) is 0 Å². The molecule has 1 aliphatic rings. The molecule has 4 rings (SSSR count). The molecule has 0 unspecified atom stereocenters. The lowest BCUT2D eigenvalue weighted by molar-refractivity contribution is -0.622. The van der Waals surface area contributed by atoms with E-state index in [4.69, 9.17) is 0 Å². The SMILES string of the molecule is N#Cc1c(-c2ccncc2)[n+]([O-])c2cc(N3CCNCC3)c(F)cc2[n+]1[O-]. The molecule has 1 aliphatic heterocycles. The number of rotatable bonds is 2. The lowest BCUT2D eigenvalue weighted by atomic mass is 10.1. The number of piperazine rings is 1. The summed E-state index contributed by atoms with van der Waals surface area (Å²) in [6, 6.07) is 7.24. The minimum absolute atomic E-state index is 0.00532. The zero-order valence-corrected chi connectivity index (χ0v) is 14.2. The van der Waals surface area contributed by atoms with E-state index in [2.05, 4.69) is 10.3 Å². The van der Waals surface area contributed by atoms with Crippen LogP contribution in [-0.4, -0.2) is 31.2 Å². The highest BCUT2D eigenvalue weighted by Gasteiger charge is 2.31. The number of pyridine rings is 1. The van der Waals surface area contributed by atoms with Gasteiger partial charge in [0.1, 0.15) is 0 Å². The van der Waals surface area contributed by atoms with Crippen molar-refractivity contribution < 1.29 is 13.9 Å². The number of halogens is 1. The number of benzene rings is 1. The first-order chi connectivity index (χ1) is 13.1. The quantitative estimate of drug-likeness (QED) is 0.526. The van der Waals surface area contributed by atoms with Crippen molar-refractivity contribution in [1.82, 2.24) is 10.3 Å². The molecule has 1 fully saturated rings. The number of hydrogen-bond donors (Lipinski definition) is 1. The van der Waals surface area contributed by atoms with Gasteiger partial charge >= 0.3 is 11.4 Å². The largest absolute Gasteiger partial charge is 0.617 e. The standard InChI is InChI=1S/C18H15FN6O2/c19-13-9-15-16(10-14(13)23-7-5-22-6-8-23)25(27)18(17(11-20)24(15)26)12-1-3-21-4-2-12/h1-4,9-10,22H,5-8H2. The normalized spacial score (nSPS) is 14.3. The van der Waals surface area contributed by atoms with Gasteiger partial charge < -0.3 is 20.6 Å². The van der Waals surface area contributed by atoms with E-state index in [0.717, 1.165) is 6.07 Å². The summed E-state index contributed by atoms with van der Waals surface area (Å²) < 4.78 is 15.5. The van der Waals surface area contributed by atoms with Crippen LogP contribution in [0.1, 0.15) is 5.69 Å². The van der Waals surface area contributed by atoms with Gasteiger partial charge in [-0.2, -0.15) is 9.99 Å². The molecular weight excluding hydrogens is 351 g/mol. The molecule has 0 amide bonds. The first-order valence-electron chi connectivity index (χ1n) is 8.40. The van der Waals surface area contributed by atoms with Crippen LogP contribution in [0.3, 0.4) is 0 Å². The van der Waals surface area contributed by atoms with Gasteiger partial charge in [-0.1, -0.05) is 0 Å². The van der Waals surface area contributed by atoms with Crippen LogP contribution in [0, 0.1) is 27.6 Å². The molecule has 1 N–H and O–H groups in total. The molecule has 9 heteroatoms. The molecule has 8 nitrogen and oxygen atoms in total. The number of nitrogens with one attached hydrogen (secondary N) is 1. The molecule has 136 valence electrons. The van der Waals surface area contributed by atoms with Crippen molar-refractivity contribution in [2.75, 3.05) is 31.1 Å². The van der Waals surface area contributed by atoms with Crippen molar-refractivity contribution in [1.29, 1.82) is 5.26 Å². The molecule has 0 saturated carbocycles. The number of nitriles is 1. The molecular formula is C18H15FN6O2. The van der Waals surface area contributed by atoms with Crippen molar-refractivity contribution in [2.24, 2.45) is 0 Å². The number of fused-ring (bicyclic) bond motifs is 1. The van der Waals surface area contributed by atoms with Crippen LogP contribution in [0.4, 0.5) is 10.1 Å². The van der Waals surface area contributed by atoms with Crippen LogP contribution in [-0.2, 0) is 0 Å². The molecule has 27 heavy (non-hydrogen) atoms.